The smallest absolute Gasteiger partial charge is 0.154 e. The Labute approximate surface area is 117 Å². The van der Waals surface area contributed by atoms with E-state index < -0.39 is 9.84 Å². The summed E-state index contributed by atoms with van der Waals surface area (Å²) < 4.78 is 29.9. The third kappa shape index (κ3) is 4.17. The SMILES string of the molecule is CCNC(CC1CCOCC1)C1CCCCS1(=O)=O. The van der Waals surface area contributed by atoms with Crippen LogP contribution >= 0.6 is 0 Å². The molecule has 0 aromatic rings. The molecule has 2 unspecified atom stereocenters. The van der Waals surface area contributed by atoms with Crippen LogP contribution in [0.5, 0.6) is 0 Å². The molecule has 0 aromatic heterocycles. The lowest BCUT2D eigenvalue weighted by atomic mass is 9.90. The maximum Gasteiger partial charge on any atom is 0.154 e. The third-order valence-corrected chi connectivity index (χ3v) is 6.82. The van der Waals surface area contributed by atoms with Crippen molar-refractivity contribution in [1.29, 1.82) is 0 Å². The number of nitrogens with one attached hydrogen (secondary N) is 1. The fourth-order valence-corrected chi connectivity index (χ4v) is 5.54. The quantitative estimate of drug-likeness (QED) is 0.838. The van der Waals surface area contributed by atoms with Crippen molar-refractivity contribution in [1.82, 2.24) is 5.32 Å². The van der Waals surface area contributed by atoms with Crippen LogP contribution in [0.3, 0.4) is 0 Å². The van der Waals surface area contributed by atoms with E-state index in [2.05, 4.69) is 12.2 Å². The van der Waals surface area contributed by atoms with Gasteiger partial charge in [-0.25, -0.2) is 8.42 Å². The van der Waals surface area contributed by atoms with Crippen LogP contribution in [0.4, 0.5) is 0 Å². The zero-order chi connectivity index (χ0) is 13.7. The van der Waals surface area contributed by atoms with Gasteiger partial charge in [-0.05, 0) is 44.6 Å². The molecular weight excluding hydrogens is 262 g/mol. The Morgan fingerprint density at radius 1 is 1.21 bits per heavy atom. The molecule has 0 spiro atoms. The minimum atomic E-state index is -2.89. The summed E-state index contributed by atoms with van der Waals surface area (Å²) in [4.78, 5) is 0. The zero-order valence-corrected chi connectivity index (χ0v) is 12.8. The molecule has 2 rings (SSSR count). The summed E-state index contributed by atoms with van der Waals surface area (Å²) in [6.45, 7) is 4.58. The molecule has 112 valence electrons. The van der Waals surface area contributed by atoms with Gasteiger partial charge in [0.15, 0.2) is 9.84 Å². The van der Waals surface area contributed by atoms with Crippen molar-refractivity contribution in [2.75, 3.05) is 25.5 Å². The minimum Gasteiger partial charge on any atom is -0.381 e. The summed E-state index contributed by atoms with van der Waals surface area (Å²) in [7, 11) is -2.89. The molecule has 1 N–H and O–H groups in total. The average molecular weight is 289 g/mol. The van der Waals surface area contributed by atoms with Gasteiger partial charge in [0.1, 0.15) is 0 Å². The molecule has 0 aliphatic carbocycles. The van der Waals surface area contributed by atoms with Crippen molar-refractivity contribution in [2.45, 2.75) is 56.7 Å². The fraction of sp³-hybridized carbons (Fsp3) is 1.00. The molecular formula is C14H27NO3S. The van der Waals surface area contributed by atoms with Crippen LogP contribution in [0.25, 0.3) is 0 Å². The molecule has 0 aromatic carbocycles. The summed E-state index contributed by atoms with van der Waals surface area (Å²) in [5.74, 6) is 1.00. The van der Waals surface area contributed by atoms with Crippen LogP contribution in [-0.2, 0) is 14.6 Å². The number of ether oxygens (including phenoxy) is 1. The first-order valence-corrected chi connectivity index (χ1v) is 9.37. The summed E-state index contributed by atoms with van der Waals surface area (Å²) >= 11 is 0. The topological polar surface area (TPSA) is 55.4 Å². The van der Waals surface area contributed by atoms with Gasteiger partial charge in [-0.2, -0.15) is 0 Å². The van der Waals surface area contributed by atoms with E-state index in [1.807, 2.05) is 0 Å². The van der Waals surface area contributed by atoms with E-state index in [-0.39, 0.29) is 11.3 Å². The maximum absolute atomic E-state index is 12.3. The Morgan fingerprint density at radius 3 is 2.58 bits per heavy atom. The van der Waals surface area contributed by atoms with Crippen LogP contribution in [-0.4, -0.2) is 45.2 Å². The molecule has 0 saturated carbocycles. The van der Waals surface area contributed by atoms with Gasteiger partial charge >= 0.3 is 0 Å². The summed E-state index contributed by atoms with van der Waals surface area (Å²) in [6, 6.07) is 0.137. The normalized spacial score (nSPS) is 30.1. The molecule has 2 heterocycles. The van der Waals surface area contributed by atoms with E-state index in [1.54, 1.807) is 0 Å². The minimum absolute atomic E-state index is 0.137. The Kier molecular flexibility index (Phi) is 5.66. The molecule has 0 amide bonds. The second-order valence-corrected chi connectivity index (χ2v) is 8.20. The second-order valence-electron chi connectivity index (χ2n) is 5.86. The van der Waals surface area contributed by atoms with Gasteiger partial charge in [0.25, 0.3) is 0 Å². The molecule has 2 saturated heterocycles. The van der Waals surface area contributed by atoms with Gasteiger partial charge in [0.2, 0.25) is 0 Å². The Bertz CT molecular complexity index is 363. The van der Waals surface area contributed by atoms with Crippen molar-refractivity contribution in [3.05, 3.63) is 0 Å². The van der Waals surface area contributed by atoms with Crippen molar-refractivity contribution in [3.8, 4) is 0 Å². The Hall–Kier alpha value is -0.130. The predicted octanol–water partition coefficient (Wildman–Crippen LogP) is 1.75. The first kappa shape index (κ1) is 15.3. The Balaban J connectivity index is 2.01. The molecule has 0 bridgehead atoms. The highest BCUT2D eigenvalue weighted by atomic mass is 32.2. The third-order valence-electron chi connectivity index (χ3n) is 4.47. The van der Waals surface area contributed by atoms with Crippen molar-refractivity contribution >= 4 is 9.84 Å². The number of hydrogen-bond acceptors (Lipinski definition) is 4. The summed E-state index contributed by atoms with van der Waals surface area (Å²) in [5.41, 5.74) is 0. The van der Waals surface area contributed by atoms with E-state index in [1.165, 1.54) is 0 Å². The molecule has 2 fully saturated rings. The fourth-order valence-electron chi connectivity index (χ4n) is 3.40. The van der Waals surface area contributed by atoms with E-state index in [4.69, 9.17) is 4.74 Å². The highest BCUT2D eigenvalue weighted by molar-refractivity contribution is 7.92. The number of hydrogen-bond donors (Lipinski definition) is 1. The molecule has 5 heteroatoms. The van der Waals surface area contributed by atoms with Gasteiger partial charge in [-0.3, -0.25) is 0 Å². The molecule has 19 heavy (non-hydrogen) atoms. The van der Waals surface area contributed by atoms with Crippen molar-refractivity contribution in [3.63, 3.8) is 0 Å². The molecule has 2 aliphatic rings. The van der Waals surface area contributed by atoms with Crippen LogP contribution < -0.4 is 5.32 Å². The van der Waals surface area contributed by atoms with Gasteiger partial charge in [0.05, 0.1) is 11.0 Å². The van der Waals surface area contributed by atoms with Crippen LogP contribution in [0.2, 0.25) is 0 Å². The highest BCUT2D eigenvalue weighted by Crippen LogP contribution is 2.28. The average Bonchev–Trinajstić information content (AvgIpc) is 2.39. The first-order valence-electron chi connectivity index (χ1n) is 7.66. The lowest BCUT2D eigenvalue weighted by molar-refractivity contribution is 0.0603. The Morgan fingerprint density at radius 2 is 1.95 bits per heavy atom. The van der Waals surface area contributed by atoms with Gasteiger partial charge in [0, 0.05) is 19.3 Å². The van der Waals surface area contributed by atoms with Gasteiger partial charge in [-0.15, -0.1) is 0 Å². The standard InChI is InChI=1S/C14H27NO3S/c1-2-15-13(11-12-6-8-18-9-7-12)14-5-3-4-10-19(14,16)17/h12-15H,2-11H2,1H3. The first-order chi connectivity index (χ1) is 9.13. The van der Waals surface area contributed by atoms with E-state index >= 15 is 0 Å². The number of rotatable bonds is 5. The van der Waals surface area contributed by atoms with Crippen LogP contribution in [0, 0.1) is 5.92 Å². The van der Waals surface area contributed by atoms with Crippen LogP contribution in [0.1, 0.15) is 45.4 Å². The monoisotopic (exact) mass is 289 g/mol. The van der Waals surface area contributed by atoms with Crippen molar-refractivity contribution < 1.29 is 13.2 Å². The molecule has 4 nitrogen and oxygen atoms in total. The van der Waals surface area contributed by atoms with Crippen molar-refractivity contribution in [2.24, 2.45) is 5.92 Å². The van der Waals surface area contributed by atoms with Crippen LogP contribution in [0.15, 0.2) is 0 Å². The van der Waals surface area contributed by atoms with Gasteiger partial charge < -0.3 is 10.1 Å². The predicted molar refractivity (Wildman–Crippen MR) is 77.1 cm³/mol. The maximum atomic E-state index is 12.3. The van der Waals surface area contributed by atoms with E-state index in [0.29, 0.717) is 11.7 Å². The zero-order valence-electron chi connectivity index (χ0n) is 11.9. The molecule has 0 radical (unpaired) electrons. The van der Waals surface area contributed by atoms with E-state index in [9.17, 15) is 8.42 Å². The molecule has 2 aliphatic heterocycles. The summed E-state index contributed by atoms with van der Waals surface area (Å²) in [6.07, 6.45) is 5.88. The largest absolute Gasteiger partial charge is 0.381 e. The van der Waals surface area contributed by atoms with E-state index in [0.717, 1.165) is 58.3 Å². The van der Waals surface area contributed by atoms with Gasteiger partial charge in [-0.1, -0.05) is 13.3 Å². The number of sulfone groups is 1. The second kappa shape index (κ2) is 7.04. The summed E-state index contributed by atoms with van der Waals surface area (Å²) in [5, 5.41) is 3.27. The lowest BCUT2D eigenvalue weighted by Gasteiger charge is -2.34. The highest BCUT2D eigenvalue weighted by Gasteiger charge is 2.36. The molecule has 2 atom stereocenters. The lowest BCUT2D eigenvalue weighted by Crippen LogP contribution is -2.47.